The summed E-state index contributed by atoms with van der Waals surface area (Å²) in [6.07, 6.45) is 0. The summed E-state index contributed by atoms with van der Waals surface area (Å²) in [7, 11) is 1.65. The van der Waals surface area contributed by atoms with E-state index in [2.05, 4.69) is 4.37 Å². The van der Waals surface area contributed by atoms with E-state index in [1.165, 1.54) is 11.5 Å². The minimum absolute atomic E-state index is 0.500. The van der Waals surface area contributed by atoms with Gasteiger partial charge in [0.15, 0.2) is 0 Å². The van der Waals surface area contributed by atoms with Crippen LogP contribution >= 0.6 is 23.1 Å². The zero-order valence-corrected chi connectivity index (χ0v) is 11.2. The summed E-state index contributed by atoms with van der Waals surface area (Å²) in [5.41, 5.74) is 8.35. The highest BCUT2D eigenvalue weighted by atomic mass is 35.5. The Balaban J connectivity index is 2.57. The average molecular weight is 269 g/mol. The summed E-state index contributed by atoms with van der Waals surface area (Å²) < 4.78 is 9.77. The Bertz CT molecular complexity index is 539. The van der Waals surface area contributed by atoms with Gasteiger partial charge in [0, 0.05) is 22.0 Å². The van der Waals surface area contributed by atoms with Crippen molar-refractivity contribution in [3.63, 3.8) is 0 Å². The molecule has 0 saturated carbocycles. The van der Waals surface area contributed by atoms with Gasteiger partial charge < -0.3 is 10.5 Å². The lowest BCUT2D eigenvalue weighted by atomic mass is 10.1. The summed E-state index contributed by atoms with van der Waals surface area (Å²) in [6.45, 7) is 2.46. The molecular weight excluding hydrogens is 256 g/mol. The van der Waals surface area contributed by atoms with Crippen LogP contribution in [0.3, 0.4) is 0 Å². The molecule has 2 rings (SSSR count). The summed E-state index contributed by atoms with van der Waals surface area (Å²) in [4.78, 5) is 1.04. The van der Waals surface area contributed by atoms with Crippen molar-refractivity contribution in [1.82, 2.24) is 4.37 Å². The van der Waals surface area contributed by atoms with Crippen molar-refractivity contribution in [2.24, 2.45) is 5.73 Å². The molecule has 0 spiro atoms. The number of rotatable bonds is 3. The molecule has 3 nitrogen and oxygen atoms in total. The van der Waals surface area contributed by atoms with Gasteiger partial charge in [-0.15, -0.1) is 0 Å². The first-order valence-electron chi connectivity index (χ1n) is 5.16. The van der Waals surface area contributed by atoms with Crippen molar-refractivity contribution >= 4 is 23.1 Å². The van der Waals surface area contributed by atoms with Gasteiger partial charge >= 0.3 is 0 Å². The predicted octanol–water partition coefficient (Wildman–Crippen LogP) is 3.24. The van der Waals surface area contributed by atoms with Crippen LogP contribution in [0.2, 0.25) is 5.02 Å². The SMILES string of the molecule is COc1c(C)cc(Cl)cc1-c1cc(CN)sn1. The third-order valence-corrected chi connectivity index (χ3v) is 3.50. The van der Waals surface area contributed by atoms with E-state index >= 15 is 0 Å². The highest BCUT2D eigenvalue weighted by Crippen LogP contribution is 2.35. The molecule has 1 aromatic carbocycles. The molecule has 0 radical (unpaired) electrons. The van der Waals surface area contributed by atoms with E-state index in [0.29, 0.717) is 11.6 Å². The largest absolute Gasteiger partial charge is 0.496 e. The minimum Gasteiger partial charge on any atom is -0.496 e. The molecule has 0 amide bonds. The molecule has 0 fully saturated rings. The molecule has 2 aromatic rings. The van der Waals surface area contributed by atoms with Crippen LogP contribution in [-0.4, -0.2) is 11.5 Å². The number of halogens is 1. The lowest BCUT2D eigenvalue weighted by Gasteiger charge is -2.10. The second-order valence-corrected chi connectivity index (χ2v) is 5.01. The van der Waals surface area contributed by atoms with Crippen LogP contribution in [0, 0.1) is 6.92 Å². The van der Waals surface area contributed by atoms with Crippen LogP contribution in [0.1, 0.15) is 10.4 Å². The molecule has 2 N–H and O–H groups in total. The van der Waals surface area contributed by atoms with E-state index in [1.54, 1.807) is 7.11 Å². The number of ether oxygens (including phenoxy) is 1. The summed E-state index contributed by atoms with van der Waals surface area (Å²) >= 11 is 7.47. The van der Waals surface area contributed by atoms with Crippen LogP contribution in [0.4, 0.5) is 0 Å². The van der Waals surface area contributed by atoms with E-state index in [1.807, 2.05) is 25.1 Å². The fraction of sp³-hybridized carbons (Fsp3) is 0.250. The lowest BCUT2D eigenvalue weighted by molar-refractivity contribution is 0.413. The molecule has 0 saturated heterocycles. The van der Waals surface area contributed by atoms with Gasteiger partial charge in [-0.1, -0.05) is 11.6 Å². The number of hydrogen-bond acceptors (Lipinski definition) is 4. The van der Waals surface area contributed by atoms with E-state index in [0.717, 1.165) is 27.4 Å². The zero-order valence-electron chi connectivity index (χ0n) is 9.66. The fourth-order valence-electron chi connectivity index (χ4n) is 1.73. The van der Waals surface area contributed by atoms with Crippen molar-refractivity contribution in [2.45, 2.75) is 13.5 Å². The molecule has 5 heteroatoms. The standard InChI is InChI=1S/C12H13ClN2OS/c1-7-3-8(13)4-10(12(7)16-2)11-5-9(6-14)17-15-11/h3-5H,6,14H2,1-2H3. The number of methoxy groups -OCH3 is 1. The highest BCUT2D eigenvalue weighted by Gasteiger charge is 2.13. The van der Waals surface area contributed by atoms with E-state index in [4.69, 9.17) is 22.1 Å². The summed E-state index contributed by atoms with van der Waals surface area (Å²) in [5, 5.41) is 0.681. The van der Waals surface area contributed by atoms with Gasteiger partial charge in [-0.25, -0.2) is 0 Å². The quantitative estimate of drug-likeness (QED) is 0.930. The number of nitrogens with zero attached hydrogens (tertiary/aromatic N) is 1. The predicted molar refractivity (Wildman–Crippen MR) is 71.7 cm³/mol. The van der Waals surface area contributed by atoms with Gasteiger partial charge in [0.05, 0.1) is 12.8 Å². The average Bonchev–Trinajstić information content (AvgIpc) is 2.76. The van der Waals surface area contributed by atoms with Crippen LogP contribution in [0.5, 0.6) is 5.75 Å². The Morgan fingerprint density at radius 2 is 2.18 bits per heavy atom. The summed E-state index contributed by atoms with van der Waals surface area (Å²) in [6, 6.07) is 5.71. The molecule has 1 heterocycles. The van der Waals surface area contributed by atoms with Crippen molar-refractivity contribution < 1.29 is 4.74 Å². The molecule has 90 valence electrons. The van der Waals surface area contributed by atoms with E-state index < -0.39 is 0 Å². The van der Waals surface area contributed by atoms with E-state index in [9.17, 15) is 0 Å². The van der Waals surface area contributed by atoms with Crippen LogP contribution < -0.4 is 10.5 Å². The maximum absolute atomic E-state index is 6.07. The van der Waals surface area contributed by atoms with Gasteiger partial charge in [0.1, 0.15) is 5.75 Å². The number of benzene rings is 1. The van der Waals surface area contributed by atoms with E-state index in [-0.39, 0.29) is 0 Å². The first kappa shape index (κ1) is 12.4. The Hall–Kier alpha value is -1.10. The Morgan fingerprint density at radius 1 is 1.41 bits per heavy atom. The molecule has 1 aromatic heterocycles. The van der Waals surface area contributed by atoms with Crippen LogP contribution in [0.15, 0.2) is 18.2 Å². The van der Waals surface area contributed by atoms with Crippen molar-refractivity contribution in [1.29, 1.82) is 0 Å². The molecule has 17 heavy (non-hydrogen) atoms. The number of nitrogens with two attached hydrogens (primary N) is 1. The first-order valence-corrected chi connectivity index (χ1v) is 6.31. The van der Waals surface area contributed by atoms with Crippen molar-refractivity contribution in [3.05, 3.63) is 33.7 Å². The fourth-order valence-corrected chi connectivity index (χ4v) is 2.61. The second kappa shape index (κ2) is 5.04. The zero-order chi connectivity index (χ0) is 12.4. The summed E-state index contributed by atoms with van der Waals surface area (Å²) in [5.74, 6) is 0.809. The Morgan fingerprint density at radius 3 is 2.76 bits per heavy atom. The Kier molecular flexibility index (Phi) is 3.66. The lowest BCUT2D eigenvalue weighted by Crippen LogP contribution is -1.93. The molecular formula is C12H13ClN2OS. The topological polar surface area (TPSA) is 48.1 Å². The molecule has 0 aliphatic rings. The maximum atomic E-state index is 6.07. The number of hydrogen-bond donors (Lipinski definition) is 1. The molecule has 0 atom stereocenters. The first-order chi connectivity index (χ1) is 8.15. The smallest absolute Gasteiger partial charge is 0.131 e. The van der Waals surface area contributed by atoms with Gasteiger partial charge in [-0.05, 0) is 42.2 Å². The highest BCUT2D eigenvalue weighted by molar-refractivity contribution is 7.06. The molecule has 0 aliphatic heterocycles. The Labute approximate surface area is 109 Å². The number of aromatic nitrogens is 1. The monoisotopic (exact) mass is 268 g/mol. The van der Waals surface area contributed by atoms with Crippen LogP contribution in [-0.2, 0) is 6.54 Å². The van der Waals surface area contributed by atoms with Gasteiger partial charge in [-0.2, -0.15) is 4.37 Å². The number of aryl methyl sites for hydroxylation is 1. The van der Waals surface area contributed by atoms with Gasteiger partial charge in [0.2, 0.25) is 0 Å². The van der Waals surface area contributed by atoms with Crippen LogP contribution in [0.25, 0.3) is 11.3 Å². The third-order valence-electron chi connectivity index (χ3n) is 2.48. The van der Waals surface area contributed by atoms with Crippen molar-refractivity contribution in [2.75, 3.05) is 7.11 Å². The van der Waals surface area contributed by atoms with Gasteiger partial charge in [-0.3, -0.25) is 0 Å². The van der Waals surface area contributed by atoms with Crippen molar-refractivity contribution in [3.8, 4) is 17.0 Å². The minimum atomic E-state index is 0.500. The third kappa shape index (κ3) is 2.44. The molecule has 0 aliphatic carbocycles. The van der Waals surface area contributed by atoms with Gasteiger partial charge in [0.25, 0.3) is 0 Å². The normalized spacial score (nSPS) is 10.6. The second-order valence-electron chi connectivity index (χ2n) is 3.69. The molecule has 0 unspecified atom stereocenters. The maximum Gasteiger partial charge on any atom is 0.131 e. The molecule has 0 bridgehead atoms.